The highest BCUT2D eigenvalue weighted by molar-refractivity contribution is 5.19. The number of hydrogen-bond donors (Lipinski definition) is 0. The minimum atomic E-state index is 1.12. The molecule has 0 rings (SSSR count). The van der Waals surface area contributed by atoms with Gasteiger partial charge < -0.3 is 0 Å². The van der Waals surface area contributed by atoms with Gasteiger partial charge in [-0.05, 0) is 20.3 Å². The molecule has 0 atom stereocenters. The molecule has 0 aliphatic carbocycles. The summed E-state index contributed by atoms with van der Waals surface area (Å²) in [5.41, 5.74) is 1.33. The number of allylic oxidation sites excluding steroid dienone is 6. The molecule has 0 fully saturated rings. The maximum absolute atomic E-state index is 2.21. The second-order valence-corrected chi connectivity index (χ2v) is 2.24. The van der Waals surface area contributed by atoms with Crippen molar-refractivity contribution < 1.29 is 0 Å². The normalized spacial score (nSPS) is 13.7. The molecule has 0 aromatic rings. The van der Waals surface area contributed by atoms with E-state index in [0.29, 0.717) is 0 Å². The molecule has 0 nitrogen and oxygen atoms in total. The maximum Gasteiger partial charge on any atom is -0.0374 e. The van der Waals surface area contributed by atoms with Crippen molar-refractivity contribution >= 4 is 0 Å². The molecule has 0 heteroatoms. The average molecular weight is 136 g/mol. The van der Waals surface area contributed by atoms with Crippen LogP contribution in [0.3, 0.4) is 0 Å². The molecule has 0 heterocycles. The van der Waals surface area contributed by atoms with Gasteiger partial charge in [-0.25, -0.2) is 0 Å². The van der Waals surface area contributed by atoms with Crippen molar-refractivity contribution in [2.24, 2.45) is 0 Å². The van der Waals surface area contributed by atoms with Gasteiger partial charge in [0, 0.05) is 0 Å². The van der Waals surface area contributed by atoms with Crippen LogP contribution in [0.1, 0.15) is 27.2 Å². The van der Waals surface area contributed by atoms with E-state index in [2.05, 4.69) is 32.1 Å². The minimum absolute atomic E-state index is 1.12. The Morgan fingerprint density at radius 3 is 2.50 bits per heavy atom. The van der Waals surface area contributed by atoms with Gasteiger partial charge >= 0.3 is 0 Å². The third kappa shape index (κ3) is 5.36. The lowest BCUT2D eigenvalue weighted by Gasteiger charge is -1.86. The summed E-state index contributed by atoms with van der Waals surface area (Å²) >= 11 is 0. The Morgan fingerprint density at radius 1 is 1.30 bits per heavy atom. The SMILES string of the molecule is C\C=C/C=C\C(C)=C/CC. The van der Waals surface area contributed by atoms with Gasteiger partial charge in [-0.1, -0.05) is 42.9 Å². The van der Waals surface area contributed by atoms with Crippen LogP contribution >= 0.6 is 0 Å². The Hall–Kier alpha value is -0.780. The Kier molecular flexibility index (Phi) is 5.85. The molecular formula is C10H16. The largest absolute Gasteiger partial charge is 0.0877 e. The molecule has 10 heavy (non-hydrogen) atoms. The summed E-state index contributed by atoms with van der Waals surface area (Å²) in [7, 11) is 0. The molecule has 0 N–H and O–H groups in total. The zero-order chi connectivity index (χ0) is 7.82. The second-order valence-electron chi connectivity index (χ2n) is 2.24. The van der Waals surface area contributed by atoms with E-state index in [0.717, 1.165) is 6.42 Å². The van der Waals surface area contributed by atoms with Crippen molar-refractivity contribution in [3.05, 3.63) is 36.0 Å². The fourth-order valence-electron chi connectivity index (χ4n) is 0.708. The first-order valence-electron chi connectivity index (χ1n) is 3.77. The van der Waals surface area contributed by atoms with Crippen molar-refractivity contribution in [1.29, 1.82) is 0 Å². The van der Waals surface area contributed by atoms with E-state index in [1.54, 1.807) is 0 Å². The molecular weight excluding hydrogens is 120 g/mol. The minimum Gasteiger partial charge on any atom is -0.0877 e. The standard InChI is InChI=1S/C10H16/c1-4-6-7-9-10(3)8-5-2/h4,6-9H,5H2,1-3H3/b6-4-,9-7-,10-8-. The Labute approximate surface area is 64.0 Å². The molecule has 0 bridgehead atoms. The summed E-state index contributed by atoms with van der Waals surface area (Å²) in [6.45, 7) is 6.28. The zero-order valence-corrected chi connectivity index (χ0v) is 7.09. The predicted octanol–water partition coefficient (Wildman–Crippen LogP) is 3.48. The maximum atomic E-state index is 2.21. The smallest absolute Gasteiger partial charge is 0.0374 e. The van der Waals surface area contributed by atoms with E-state index < -0.39 is 0 Å². The highest BCUT2D eigenvalue weighted by Crippen LogP contribution is 1.96. The molecule has 56 valence electrons. The van der Waals surface area contributed by atoms with E-state index in [-0.39, 0.29) is 0 Å². The lowest BCUT2D eigenvalue weighted by molar-refractivity contribution is 1.20. The van der Waals surface area contributed by atoms with Crippen LogP contribution < -0.4 is 0 Å². The fraction of sp³-hybridized carbons (Fsp3) is 0.400. The van der Waals surface area contributed by atoms with Crippen molar-refractivity contribution in [2.45, 2.75) is 27.2 Å². The monoisotopic (exact) mass is 136 g/mol. The van der Waals surface area contributed by atoms with Crippen LogP contribution in [0.2, 0.25) is 0 Å². The molecule has 0 unspecified atom stereocenters. The average Bonchev–Trinajstić information content (AvgIpc) is 1.89. The third-order valence-electron chi connectivity index (χ3n) is 1.19. The first kappa shape index (κ1) is 9.22. The highest BCUT2D eigenvalue weighted by atomic mass is 13.8. The summed E-state index contributed by atoms with van der Waals surface area (Å²) in [4.78, 5) is 0. The van der Waals surface area contributed by atoms with Gasteiger partial charge in [0.15, 0.2) is 0 Å². The van der Waals surface area contributed by atoms with E-state index in [1.807, 2.05) is 19.1 Å². The van der Waals surface area contributed by atoms with Crippen molar-refractivity contribution in [3.63, 3.8) is 0 Å². The van der Waals surface area contributed by atoms with Crippen LogP contribution in [0.15, 0.2) is 36.0 Å². The second kappa shape index (κ2) is 6.34. The Morgan fingerprint density at radius 2 is 2.00 bits per heavy atom. The van der Waals surface area contributed by atoms with Crippen LogP contribution in [-0.4, -0.2) is 0 Å². The van der Waals surface area contributed by atoms with Gasteiger partial charge in [-0.15, -0.1) is 0 Å². The van der Waals surface area contributed by atoms with Gasteiger partial charge in [-0.3, -0.25) is 0 Å². The van der Waals surface area contributed by atoms with E-state index >= 15 is 0 Å². The van der Waals surface area contributed by atoms with Gasteiger partial charge in [0.1, 0.15) is 0 Å². The van der Waals surface area contributed by atoms with Gasteiger partial charge in [0.25, 0.3) is 0 Å². The molecule has 0 saturated heterocycles. The summed E-state index contributed by atoms with van der Waals surface area (Å²) in [5.74, 6) is 0. The van der Waals surface area contributed by atoms with E-state index in [9.17, 15) is 0 Å². The lowest BCUT2D eigenvalue weighted by Crippen LogP contribution is -1.65. The van der Waals surface area contributed by atoms with Crippen LogP contribution in [0.4, 0.5) is 0 Å². The van der Waals surface area contributed by atoms with Crippen LogP contribution in [0.25, 0.3) is 0 Å². The van der Waals surface area contributed by atoms with Crippen LogP contribution in [-0.2, 0) is 0 Å². The highest BCUT2D eigenvalue weighted by Gasteiger charge is 1.75. The quantitative estimate of drug-likeness (QED) is 0.521. The number of hydrogen-bond acceptors (Lipinski definition) is 0. The van der Waals surface area contributed by atoms with Crippen LogP contribution in [0.5, 0.6) is 0 Å². The lowest BCUT2D eigenvalue weighted by atomic mass is 10.2. The third-order valence-corrected chi connectivity index (χ3v) is 1.19. The molecule has 0 aliphatic heterocycles. The van der Waals surface area contributed by atoms with Crippen molar-refractivity contribution in [1.82, 2.24) is 0 Å². The van der Waals surface area contributed by atoms with Gasteiger partial charge in [-0.2, -0.15) is 0 Å². The summed E-state index contributed by atoms with van der Waals surface area (Å²) < 4.78 is 0. The van der Waals surface area contributed by atoms with E-state index in [1.165, 1.54) is 5.57 Å². The van der Waals surface area contributed by atoms with Gasteiger partial charge in [0.05, 0.1) is 0 Å². The van der Waals surface area contributed by atoms with E-state index in [4.69, 9.17) is 0 Å². The van der Waals surface area contributed by atoms with Crippen molar-refractivity contribution in [3.8, 4) is 0 Å². The van der Waals surface area contributed by atoms with Gasteiger partial charge in [0.2, 0.25) is 0 Å². The topological polar surface area (TPSA) is 0 Å². The predicted molar refractivity (Wildman–Crippen MR) is 48.0 cm³/mol. The molecule has 0 amide bonds. The Bertz CT molecular complexity index is 147. The number of rotatable bonds is 3. The first-order valence-corrected chi connectivity index (χ1v) is 3.77. The zero-order valence-electron chi connectivity index (χ0n) is 7.09. The summed E-state index contributed by atoms with van der Waals surface area (Å²) in [6.07, 6.45) is 11.6. The molecule has 0 aromatic carbocycles. The molecule has 0 spiro atoms. The fourth-order valence-corrected chi connectivity index (χ4v) is 0.708. The molecule has 0 aromatic heterocycles. The molecule has 0 saturated carbocycles. The Balaban J connectivity index is 3.76. The van der Waals surface area contributed by atoms with Crippen molar-refractivity contribution in [2.75, 3.05) is 0 Å². The summed E-state index contributed by atoms with van der Waals surface area (Å²) in [6, 6.07) is 0. The summed E-state index contributed by atoms with van der Waals surface area (Å²) in [5, 5.41) is 0. The molecule has 0 aliphatic rings. The van der Waals surface area contributed by atoms with Crippen LogP contribution in [0, 0.1) is 0 Å². The first-order chi connectivity index (χ1) is 4.81. The molecule has 0 radical (unpaired) electrons.